The highest BCUT2D eigenvalue weighted by atomic mass is 32.1. The van der Waals surface area contributed by atoms with E-state index in [4.69, 9.17) is 12.2 Å². The Morgan fingerprint density at radius 3 is 0.912 bits per heavy atom. The third kappa shape index (κ3) is 6.44. The van der Waals surface area contributed by atoms with Gasteiger partial charge in [0.25, 0.3) is 0 Å². The van der Waals surface area contributed by atoms with Crippen LogP contribution in [0.1, 0.15) is 105 Å². The summed E-state index contributed by atoms with van der Waals surface area (Å²) >= 11 is 5.68. The molecule has 0 bridgehead atoms. The summed E-state index contributed by atoms with van der Waals surface area (Å²) in [5.74, 6) is 0.681. The molecule has 0 spiro atoms. The maximum absolute atomic E-state index is 11.0. The summed E-state index contributed by atoms with van der Waals surface area (Å²) in [5.41, 5.74) is 4.26. The molecule has 0 aliphatic rings. The monoisotopic (exact) mass is 484 g/mol. The molecule has 34 heavy (non-hydrogen) atoms. The number of thiocarbonyl (C=S) groups is 1. The second kappa shape index (κ2) is 9.07. The molecule has 2 aromatic carbocycles. The highest BCUT2D eigenvalue weighted by Crippen LogP contribution is 2.42. The lowest BCUT2D eigenvalue weighted by Crippen LogP contribution is -2.23. The Hall–Kier alpha value is -2.27. The van der Waals surface area contributed by atoms with Crippen molar-refractivity contribution in [2.24, 2.45) is 0 Å². The average Bonchev–Trinajstić information content (AvgIpc) is 2.60. The van der Waals surface area contributed by atoms with E-state index in [0.717, 1.165) is 33.6 Å². The molecule has 0 aliphatic heterocycles. The molecule has 2 aromatic rings. The van der Waals surface area contributed by atoms with Crippen molar-refractivity contribution in [3.63, 3.8) is 0 Å². The number of nitrogens with one attached hydrogen (secondary N) is 2. The van der Waals surface area contributed by atoms with Crippen LogP contribution in [-0.4, -0.2) is 15.3 Å². The van der Waals surface area contributed by atoms with Gasteiger partial charge < -0.3 is 20.8 Å². The molecule has 4 N–H and O–H groups in total. The summed E-state index contributed by atoms with van der Waals surface area (Å²) in [6.07, 6.45) is 0. The highest BCUT2D eigenvalue weighted by Gasteiger charge is 2.28. The Morgan fingerprint density at radius 2 is 0.735 bits per heavy atom. The fraction of sp³-hybridized carbons (Fsp3) is 0.552. The zero-order chi connectivity index (χ0) is 26.4. The lowest BCUT2D eigenvalue weighted by molar-refractivity contribution is 0.423. The quantitative estimate of drug-likeness (QED) is 0.256. The van der Waals surface area contributed by atoms with Crippen molar-refractivity contribution in [2.45, 2.75) is 105 Å². The molecule has 0 saturated carbocycles. The lowest BCUT2D eigenvalue weighted by Gasteiger charge is -2.29. The lowest BCUT2D eigenvalue weighted by atomic mass is 9.79. The van der Waals surface area contributed by atoms with Gasteiger partial charge in [-0.05, 0) is 58.1 Å². The van der Waals surface area contributed by atoms with Gasteiger partial charge >= 0.3 is 0 Å². The summed E-state index contributed by atoms with van der Waals surface area (Å²) in [7, 11) is 0. The Kier molecular flexibility index (Phi) is 7.46. The first kappa shape index (κ1) is 28.0. The van der Waals surface area contributed by atoms with Crippen LogP contribution in [0, 0.1) is 0 Å². The Balaban J connectivity index is 2.49. The van der Waals surface area contributed by atoms with E-state index in [1.54, 1.807) is 0 Å². The van der Waals surface area contributed by atoms with Gasteiger partial charge in [-0.1, -0.05) is 83.1 Å². The van der Waals surface area contributed by atoms with E-state index in [9.17, 15) is 10.2 Å². The molecule has 0 unspecified atom stereocenters. The molecule has 4 nitrogen and oxygen atoms in total. The smallest absolute Gasteiger partial charge is 0.175 e. The number of phenolic OH excluding ortho intramolecular Hbond substituents is 2. The van der Waals surface area contributed by atoms with Crippen LogP contribution < -0.4 is 10.6 Å². The Bertz CT molecular complexity index is 920. The fourth-order valence-corrected chi connectivity index (χ4v) is 4.23. The molecule has 5 heteroatoms. The normalized spacial score (nSPS) is 13.1. The van der Waals surface area contributed by atoms with Crippen molar-refractivity contribution >= 4 is 28.7 Å². The standard InChI is InChI=1S/C29H44N2O2S/c1-26(2,3)19-13-17(14-20(23(19)32)27(4,5)6)30-25(34)31-18-15-21(28(7,8)9)24(33)22(16-18)29(10,11)12/h13-16,32-33H,1-12H3,(H2,30,31,34). The van der Waals surface area contributed by atoms with Crippen molar-refractivity contribution in [2.75, 3.05) is 10.6 Å². The number of anilines is 2. The molecular formula is C29H44N2O2S. The van der Waals surface area contributed by atoms with Crippen molar-refractivity contribution in [3.8, 4) is 11.5 Å². The molecule has 0 aromatic heterocycles. The van der Waals surface area contributed by atoms with Gasteiger partial charge in [-0.3, -0.25) is 0 Å². The van der Waals surface area contributed by atoms with Crippen LogP contribution in [-0.2, 0) is 21.7 Å². The minimum atomic E-state index is -0.225. The van der Waals surface area contributed by atoms with E-state index in [2.05, 4.69) is 93.7 Å². The van der Waals surface area contributed by atoms with E-state index in [-0.39, 0.29) is 21.7 Å². The van der Waals surface area contributed by atoms with Crippen molar-refractivity contribution in [3.05, 3.63) is 46.5 Å². The summed E-state index contributed by atoms with van der Waals surface area (Å²) in [5, 5.41) is 29.1. The van der Waals surface area contributed by atoms with E-state index in [1.165, 1.54) is 0 Å². The number of hydrogen-bond acceptors (Lipinski definition) is 3. The van der Waals surface area contributed by atoms with Crippen LogP contribution in [0.5, 0.6) is 11.5 Å². The van der Waals surface area contributed by atoms with Gasteiger partial charge in [0.1, 0.15) is 11.5 Å². The summed E-state index contributed by atoms with van der Waals surface area (Å²) in [6.45, 7) is 25.1. The van der Waals surface area contributed by atoms with E-state index in [0.29, 0.717) is 16.6 Å². The topological polar surface area (TPSA) is 64.5 Å². The van der Waals surface area contributed by atoms with Gasteiger partial charge in [-0.25, -0.2) is 0 Å². The predicted octanol–water partition coefficient (Wildman–Crippen LogP) is 8.10. The molecule has 0 aliphatic carbocycles. The first-order chi connectivity index (χ1) is 15.1. The predicted molar refractivity (Wildman–Crippen MR) is 151 cm³/mol. The third-order valence-corrected chi connectivity index (χ3v) is 6.17. The van der Waals surface area contributed by atoms with Crippen LogP contribution >= 0.6 is 12.2 Å². The Morgan fingerprint density at radius 1 is 0.529 bits per heavy atom. The third-order valence-electron chi connectivity index (χ3n) is 5.97. The first-order valence-corrected chi connectivity index (χ1v) is 12.4. The zero-order valence-corrected chi connectivity index (χ0v) is 23.9. The van der Waals surface area contributed by atoms with Gasteiger partial charge in [-0.2, -0.15) is 0 Å². The SMILES string of the molecule is CC(C)(C)c1cc(NC(=S)Nc2cc(C(C)(C)C)c(O)c(C(C)(C)C)c2)cc(C(C)(C)C)c1O. The summed E-state index contributed by atoms with van der Waals surface area (Å²) in [6, 6.07) is 7.88. The molecule has 0 fully saturated rings. The van der Waals surface area contributed by atoms with E-state index in [1.807, 2.05) is 24.3 Å². The molecule has 0 saturated heterocycles. The molecule has 0 amide bonds. The summed E-state index contributed by atoms with van der Waals surface area (Å²) in [4.78, 5) is 0. The minimum absolute atomic E-state index is 0.225. The second-order valence-corrected chi connectivity index (χ2v) is 13.8. The van der Waals surface area contributed by atoms with Crippen LogP contribution in [0.25, 0.3) is 0 Å². The van der Waals surface area contributed by atoms with Gasteiger partial charge in [0.2, 0.25) is 0 Å². The van der Waals surface area contributed by atoms with Gasteiger partial charge in [0.05, 0.1) is 0 Å². The number of phenols is 2. The number of hydrogen-bond donors (Lipinski definition) is 4. The maximum Gasteiger partial charge on any atom is 0.175 e. The van der Waals surface area contributed by atoms with Crippen LogP contribution in [0.3, 0.4) is 0 Å². The van der Waals surface area contributed by atoms with Gasteiger partial charge in [-0.15, -0.1) is 0 Å². The molecule has 0 heterocycles. The highest BCUT2D eigenvalue weighted by molar-refractivity contribution is 7.80. The van der Waals surface area contributed by atoms with Crippen molar-refractivity contribution in [1.29, 1.82) is 0 Å². The van der Waals surface area contributed by atoms with E-state index < -0.39 is 0 Å². The molecule has 2 rings (SSSR count). The minimum Gasteiger partial charge on any atom is -0.507 e. The molecule has 0 atom stereocenters. The van der Waals surface area contributed by atoms with Crippen LogP contribution in [0.2, 0.25) is 0 Å². The molecule has 0 radical (unpaired) electrons. The molecule has 188 valence electrons. The number of benzene rings is 2. The number of aromatic hydroxyl groups is 2. The zero-order valence-electron chi connectivity index (χ0n) is 23.1. The largest absolute Gasteiger partial charge is 0.507 e. The molecular weight excluding hydrogens is 440 g/mol. The van der Waals surface area contributed by atoms with Crippen molar-refractivity contribution in [1.82, 2.24) is 0 Å². The van der Waals surface area contributed by atoms with E-state index >= 15 is 0 Å². The van der Waals surface area contributed by atoms with Crippen molar-refractivity contribution < 1.29 is 10.2 Å². The maximum atomic E-state index is 11.0. The van der Waals surface area contributed by atoms with Gasteiger partial charge in [0, 0.05) is 33.6 Å². The average molecular weight is 485 g/mol. The van der Waals surface area contributed by atoms with Crippen LogP contribution in [0.15, 0.2) is 24.3 Å². The van der Waals surface area contributed by atoms with Gasteiger partial charge in [0.15, 0.2) is 5.11 Å². The fourth-order valence-electron chi connectivity index (χ4n) is 3.99. The van der Waals surface area contributed by atoms with Crippen LogP contribution in [0.4, 0.5) is 11.4 Å². The summed E-state index contributed by atoms with van der Waals surface area (Å²) < 4.78 is 0. The second-order valence-electron chi connectivity index (χ2n) is 13.4. The number of rotatable bonds is 2. The Labute approximate surface area is 212 Å². The first-order valence-electron chi connectivity index (χ1n) is 12.0.